The lowest BCUT2D eigenvalue weighted by Gasteiger charge is -2.40. The van der Waals surface area contributed by atoms with Gasteiger partial charge in [0.2, 0.25) is 23.6 Å². The fourth-order valence-electron chi connectivity index (χ4n) is 9.25. The monoisotopic (exact) mass is 937 g/mol. The summed E-state index contributed by atoms with van der Waals surface area (Å²) in [5.41, 5.74) is 0.763. The first kappa shape index (κ1) is 56.0. The van der Waals surface area contributed by atoms with Gasteiger partial charge in [-0.3, -0.25) is 38.5 Å². The fraction of sp³-hybridized carbons (Fsp3) is 0.660. The average molecular weight is 937 g/mol. The summed E-state index contributed by atoms with van der Waals surface area (Å²) >= 11 is 0. The lowest BCUT2D eigenvalue weighted by atomic mass is 9.88. The Morgan fingerprint density at radius 1 is 0.896 bits per heavy atom. The van der Waals surface area contributed by atoms with E-state index in [1.165, 1.54) is 42.4 Å². The number of carboxylic acid groups (broad SMARTS) is 1. The molecule has 1 fully saturated rings. The number of ether oxygens (including phenoxy) is 2. The second-order valence-electron chi connectivity index (χ2n) is 18.7. The molecule has 2 N–H and O–H groups in total. The molecule has 17 nitrogen and oxygen atoms in total. The molecule has 0 radical (unpaired) electrons. The molecule has 1 aromatic carbocycles. The van der Waals surface area contributed by atoms with E-state index in [1.807, 2.05) is 47.6 Å². The Morgan fingerprint density at radius 2 is 1.54 bits per heavy atom. The molecule has 0 aromatic heterocycles. The number of unbranched alkanes of at least 4 members (excludes halogenated alkanes) is 2. The number of amides is 7. The third-order valence-corrected chi connectivity index (χ3v) is 13.4. The molecular weight excluding hydrogens is 861 g/mol. The SMILES string of the molecule is CC[C@H](C)C([C@@H](CC(=O)N1CCC[C@H]1[C@H](OC)[C@@H](C)C(=O)N[C@@H](Cc1ccccc1)C(=O)O)OC)N(C)C(=O)C(C=NC(=O)[C@H](C(C)C)N(C)C(=O)CCCCCN1C(=O)C=CC1=O)C(C)C. The Balaban J connectivity index is 1.71. The van der Waals surface area contributed by atoms with Gasteiger partial charge in [-0.25, -0.2) is 9.79 Å². The largest absolute Gasteiger partial charge is 0.480 e. The molecule has 0 spiro atoms. The van der Waals surface area contributed by atoms with Crippen LogP contribution in [0.15, 0.2) is 47.5 Å². The molecule has 3 rings (SSSR count). The van der Waals surface area contributed by atoms with Crippen molar-refractivity contribution in [1.82, 2.24) is 24.9 Å². The number of hydrogen-bond donors (Lipinski definition) is 2. The minimum Gasteiger partial charge on any atom is -0.480 e. The zero-order valence-electron chi connectivity index (χ0n) is 41.5. The van der Waals surface area contributed by atoms with Gasteiger partial charge in [-0.15, -0.1) is 0 Å². The molecule has 372 valence electrons. The van der Waals surface area contributed by atoms with Crippen LogP contribution in [0.25, 0.3) is 0 Å². The molecule has 9 atom stereocenters. The van der Waals surface area contributed by atoms with Gasteiger partial charge in [-0.05, 0) is 49.0 Å². The maximum absolute atomic E-state index is 14.5. The van der Waals surface area contributed by atoms with E-state index in [9.17, 15) is 43.5 Å². The van der Waals surface area contributed by atoms with E-state index in [2.05, 4.69) is 10.3 Å². The van der Waals surface area contributed by atoms with Crippen molar-refractivity contribution in [1.29, 1.82) is 0 Å². The van der Waals surface area contributed by atoms with Crippen LogP contribution in [0.5, 0.6) is 0 Å². The number of methoxy groups -OCH3 is 2. The summed E-state index contributed by atoms with van der Waals surface area (Å²) < 4.78 is 11.9. The number of carbonyl (C=O) groups is 8. The number of carboxylic acids is 1. The van der Waals surface area contributed by atoms with Gasteiger partial charge < -0.3 is 34.6 Å². The van der Waals surface area contributed by atoms with Crippen molar-refractivity contribution < 1.29 is 52.9 Å². The molecule has 1 saturated heterocycles. The molecule has 17 heteroatoms. The average Bonchev–Trinajstić information content (AvgIpc) is 3.90. The number of rotatable bonds is 27. The number of aliphatic carboxylic acids is 1. The van der Waals surface area contributed by atoms with E-state index in [0.717, 1.165) is 5.56 Å². The quantitative estimate of drug-likeness (QED) is 0.0710. The summed E-state index contributed by atoms with van der Waals surface area (Å²) in [6.07, 6.45) is 6.15. The summed E-state index contributed by atoms with van der Waals surface area (Å²) in [6, 6.07) is 5.97. The maximum atomic E-state index is 14.5. The predicted octanol–water partition coefficient (Wildman–Crippen LogP) is 4.56. The zero-order chi connectivity index (χ0) is 50.1. The number of carbonyl (C=O) groups excluding carboxylic acids is 7. The molecule has 1 aromatic rings. The molecule has 2 heterocycles. The van der Waals surface area contributed by atoms with Gasteiger partial charge in [0, 0.05) is 72.6 Å². The van der Waals surface area contributed by atoms with Gasteiger partial charge in [-0.2, -0.15) is 0 Å². The number of imide groups is 1. The maximum Gasteiger partial charge on any atom is 0.326 e. The molecular formula is C50H76N6O11. The van der Waals surface area contributed by atoms with E-state index < -0.39 is 66.0 Å². The van der Waals surface area contributed by atoms with Crippen molar-refractivity contribution in [2.75, 3.05) is 41.4 Å². The van der Waals surface area contributed by atoms with Crippen molar-refractivity contribution in [2.45, 2.75) is 143 Å². The van der Waals surface area contributed by atoms with Crippen LogP contribution >= 0.6 is 0 Å². The number of aliphatic imine (C=N–C) groups is 1. The minimum atomic E-state index is -1.16. The lowest BCUT2D eigenvalue weighted by molar-refractivity contribution is -0.147. The zero-order valence-corrected chi connectivity index (χ0v) is 41.5. The molecule has 2 aliphatic rings. The standard InChI is InChI=1S/C50H76N6O11/c1-12-33(6)45(39(66-10)29-43(60)55-27-19-22-38(55)46(67-11)34(7)47(61)52-37(50(64)65)28-35-20-15-13-16-21-35)54(9)49(63)36(31(2)3)30-51-48(62)44(32(4)5)53(8)40(57)23-17-14-18-26-56-41(58)24-25-42(56)59/h13,15-16,20-21,24-25,30-34,36-39,44-46H,12,14,17-19,22-23,26-29H2,1-11H3,(H,52,61)(H,64,65)/t33-,34+,36?,37-,38-,39+,44-,45?,46+/m0/s1. The highest BCUT2D eigenvalue weighted by Crippen LogP contribution is 2.30. The Bertz CT molecular complexity index is 1900. The lowest BCUT2D eigenvalue weighted by Crippen LogP contribution is -2.55. The highest BCUT2D eigenvalue weighted by molar-refractivity contribution is 6.12. The molecule has 67 heavy (non-hydrogen) atoms. The van der Waals surface area contributed by atoms with Gasteiger partial charge in [0.05, 0.1) is 42.5 Å². The van der Waals surface area contributed by atoms with Crippen molar-refractivity contribution in [2.24, 2.45) is 34.6 Å². The Kier molecular flexibility index (Phi) is 22.5. The normalized spacial score (nSPS) is 18.7. The summed E-state index contributed by atoms with van der Waals surface area (Å²) in [4.78, 5) is 115. The van der Waals surface area contributed by atoms with Crippen molar-refractivity contribution in [3.05, 3.63) is 48.0 Å². The summed E-state index contributed by atoms with van der Waals surface area (Å²) in [5.74, 6) is -5.98. The number of nitrogens with one attached hydrogen (secondary N) is 1. The van der Waals surface area contributed by atoms with E-state index in [0.29, 0.717) is 45.1 Å². The minimum absolute atomic E-state index is 0.0700. The third kappa shape index (κ3) is 15.4. The second-order valence-corrected chi connectivity index (χ2v) is 18.7. The van der Waals surface area contributed by atoms with Crippen LogP contribution in [-0.4, -0.2) is 156 Å². The molecule has 7 amide bonds. The fourth-order valence-corrected chi connectivity index (χ4v) is 9.25. The smallest absolute Gasteiger partial charge is 0.326 e. The van der Waals surface area contributed by atoms with Crippen LogP contribution in [0.1, 0.15) is 105 Å². The van der Waals surface area contributed by atoms with Gasteiger partial charge >= 0.3 is 5.97 Å². The third-order valence-electron chi connectivity index (χ3n) is 13.4. The molecule has 0 aliphatic carbocycles. The van der Waals surface area contributed by atoms with Crippen LogP contribution in [-0.2, 0) is 54.3 Å². The number of nitrogens with zero attached hydrogens (tertiary/aromatic N) is 5. The van der Waals surface area contributed by atoms with Crippen LogP contribution in [0.2, 0.25) is 0 Å². The summed E-state index contributed by atoms with van der Waals surface area (Å²) in [5, 5.41) is 12.6. The van der Waals surface area contributed by atoms with Gasteiger partial charge in [0.15, 0.2) is 0 Å². The van der Waals surface area contributed by atoms with E-state index in [-0.39, 0.29) is 73.1 Å². The van der Waals surface area contributed by atoms with Gasteiger partial charge in [0.25, 0.3) is 17.7 Å². The topological polar surface area (TPSA) is 213 Å². The number of hydrogen-bond acceptors (Lipinski definition) is 10. The number of likely N-dealkylation sites (N-methyl/N-ethyl adjacent to an activating group) is 2. The molecule has 0 bridgehead atoms. The Hall–Kier alpha value is -5.29. The van der Waals surface area contributed by atoms with E-state index in [4.69, 9.17) is 9.47 Å². The Labute approximate surface area is 397 Å². The first-order chi connectivity index (χ1) is 31.7. The van der Waals surface area contributed by atoms with Crippen LogP contribution in [0, 0.1) is 29.6 Å². The molecule has 0 saturated carbocycles. The molecule has 2 aliphatic heterocycles. The number of benzene rings is 1. The highest BCUT2D eigenvalue weighted by Gasteiger charge is 2.43. The van der Waals surface area contributed by atoms with Gasteiger partial charge in [0.1, 0.15) is 12.1 Å². The van der Waals surface area contributed by atoms with E-state index >= 15 is 0 Å². The number of likely N-dealkylation sites (tertiary alicyclic amines) is 1. The first-order valence-electron chi connectivity index (χ1n) is 23.8. The first-order valence-corrected chi connectivity index (χ1v) is 23.8. The van der Waals surface area contributed by atoms with E-state index in [1.54, 1.807) is 55.1 Å². The van der Waals surface area contributed by atoms with Gasteiger partial charge in [-0.1, -0.05) is 91.6 Å². The van der Waals surface area contributed by atoms with Crippen LogP contribution in [0.4, 0.5) is 0 Å². The van der Waals surface area contributed by atoms with Crippen molar-refractivity contribution in [3.8, 4) is 0 Å². The van der Waals surface area contributed by atoms with Crippen molar-refractivity contribution >= 4 is 53.5 Å². The van der Waals surface area contributed by atoms with Crippen LogP contribution < -0.4 is 5.32 Å². The molecule has 2 unspecified atom stereocenters. The van der Waals surface area contributed by atoms with Crippen LogP contribution in [0.3, 0.4) is 0 Å². The Morgan fingerprint density at radius 3 is 2.09 bits per heavy atom. The highest BCUT2D eigenvalue weighted by atomic mass is 16.5. The summed E-state index contributed by atoms with van der Waals surface area (Å²) in [7, 11) is 6.22. The van der Waals surface area contributed by atoms with Crippen molar-refractivity contribution in [3.63, 3.8) is 0 Å². The predicted molar refractivity (Wildman–Crippen MR) is 253 cm³/mol. The second kappa shape index (κ2) is 26.9. The summed E-state index contributed by atoms with van der Waals surface area (Å²) in [6.45, 7) is 13.7.